The Hall–Kier alpha value is -3.22. The van der Waals surface area contributed by atoms with Crippen molar-refractivity contribution in [2.24, 2.45) is 4.99 Å². The number of hydrogen-bond donors (Lipinski definition) is 2. The molecule has 0 spiro atoms. The van der Waals surface area contributed by atoms with Crippen LogP contribution in [0.2, 0.25) is 0 Å². The Morgan fingerprint density at radius 2 is 2.05 bits per heavy atom. The molecule has 0 aliphatic heterocycles. The molecule has 0 bridgehead atoms. The number of aromatic carboxylic acids is 1. The van der Waals surface area contributed by atoms with Crippen molar-refractivity contribution in [3.8, 4) is 5.75 Å². The van der Waals surface area contributed by atoms with Crippen LogP contribution < -0.4 is 0 Å². The van der Waals surface area contributed by atoms with E-state index < -0.39 is 22.3 Å². The molecular weight excluding hydrogens is 288 g/mol. The van der Waals surface area contributed by atoms with E-state index in [1.165, 1.54) is 30.5 Å². The quantitative estimate of drug-likeness (QED) is 0.512. The SMILES string of the molecule is Cc1c(N=Cc2ccc(O)c([N+](=O)[O-])c2)cccc1C(=O)O. The third-order valence-electron chi connectivity index (χ3n) is 3.08. The van der Waals surface area contributed by atoms with Gasteiger partial charge in [0.05, 0.1) is 16.2 Å². The van der Waals surface area contributed by atoms with E-state index in [0.717, 1.165) is 0 Å². The number of benzene rings is 2. The number of carboxylic acids is 1. The fraction of sp³-hybridized carbons (Fsp3) is 0.0667. The molecule has 7 nitrogen and oxygen atoms in total. The van der Waals surface area contributed by atoms with E-state index in [2.05, 4.69) is 4.99 Å². The first-order valence-corrected chi connectivity index (χ1v) is 6.24. The van der Waals surface area contributed by atoms with E-state index in [9.17, 15) is 20.0 Å². The molecule has 0 saturated heterocycles. The molecule has 0 amide bonds. The normalized spacial score (nSPS) is 10.8. The van der Waals surface area contributed by atoms with Crippen LogP contribution in [-0.2, 0) is 0 Å². The van der Waals surface area contributed by atoms with Gasteiger partial charge in [0, 0.05) is 12.3 Å². The summed E-state index contributed by atoms with van der Waals surface area (Å²) in [4.78, 5) is 25.3. The van der Waals surface area contributed by atoms with Gasteiger partial charge in [-0.3, -0.25) is 15.1 Å². The van der Waals surface area contributed by atoms with Gasteiger partial charge < -0.3 is 10.2 Å². The molecule has 0 aromatic heterocycles. The van der Waals surface area contributed by atoms with Gasteiger partial charge in [-0.05, 0) is 42.3 Å². The number of aliphatic imine (C=N–C) groups is 1. The first-order chi connectivity index (χ1) is 10.4. The smallest absolute Gasteiger partial charge is 0.336 e. The van der Waals surface area contributed by atoms with Crippen molar-refractivity contribution in [3.63, 3.8) is 0 Å². The molecule has 0 fully saturated rings. The topological polar surface area (TPSA) is 113 Å². The fourth-order valence-corrected chi connectivity index (χ4v) is 1.91. The zero-order valence-corrected chi connectivity index (χ0v) is 11.6. The Morgan fingerprint density at radius 3 is 2.68 bits per heavy atom. The first-order valence-electron chi connectivity index (χ1n) is 6.24. The lowest BCUT2D eigenvalue weighted by Gasteiger charge is -2.04. The molecule has 0 heterocycles. The van der Waals surface area contributed by atoms with Gasteiger partial charge in [0.15, 0.2) is 5.75 Å². The largest absolute Gasteiger partial charge is 0.502 e. The van der Waals surface area contributed by atoms with Crippen molar-refractivity contribution < 1.29 is 19.9 Å². The molecule has 2 N–H and O–H groups in total. The maximum absolute atomic E-state index is 11.1. The number of carbonyl (C=O) groups is 1. The second-order valence-corrected chi connectivity index (χ2v) is 4.52. The molecule has 22 heavy (non-hydrogen) atoms. The van der Waals surface area contributed by atoms with E-state index in [-0.39, 0.29) is 5.56 Å². The van der Waals surface area contributed by atoms with Gasteiger partial charge in [0.2, 0.25) is 0 Å². The molecule has 0 aliphatic carbocycles. The predicted octanol–water partition coefficient (Wildman–Crippen LogP) is 3.06. The van der Waals surface area contributed by atoms with Crippen LogP contribution in [0.1, 0.15) is 21.5 Å². The number of phenols is 1. The summed E-state index contributed by atoms with van der Waals surface area (Å²) < 4.78 is 0. The van der Waals surface area contributed by atoms with Crippen LogP contribution in [0, 0.1) is 17.0 Å². The lowest BCUT2D eigenvalue weighted by Crippen LogP contribution is -1.99. The van der Waals surface area contributed by atoms with Crippen molar-refractivity contribution in [3.05, 3.63) is 63.2 Å². The third kappa shape index (κ3) is 3.09. The Labute approximate surface area is 125 Å². The van der Waals surface area contributed by atoms with Crippen LogP contribution >= 0.6 is 0 Å². The minimum atomic E-state index is -1.05. The highest BCUT2D eigenvalue weighted by molar-refractivity contribution is 5.92. The average Bonchev–Trinajstić information content (AvgIpc) is 2.47. The zero-order chi connectivity index (χ0) is 16.3. The predicted molar refractivity (Wildman–Crippen MR) is 80.2 cm³/mol. The van der Waals surface area contributed by atoms with Gasteiger partial charge in [0.1, 0.15) is 0 Å². The summed E-state index contributed by atoms with van der Waals surface area (Å²) in [6.07, 6.45) is 1.38. The number of nitro benzene ring substituents is 1. The Balaban J connectivity index is 2.37. The molecule has 0 atom stereocenters. The first kappa shape index (κ1) is 15.2. The van der Waals surface area contributed by atoms with E-state index in [0.29, 0.717) is 16.8 Å². The van der Waals surface area contributed by atoms with Gasteiger partial charge in [0.25, 0.3) is 0 Å². The summed E-state index contributed by atoms with van der Waals surface area (Å²) in [6.45, 7) is 1.63. The van der Waals surface area contributed by atoms with E-state index >= 15 is 0 Å². The summed E-state index contributed by atoms with van der Waals surface area (Å²) in [6, 6.07) is 8.56. The molecule has 0 aliphatic rings. The Morgan fingerprint density at radius 1 is 1.32 bits per heavy atom. The maximum atomic E-state index is 11.1. The van der Waals surface area contributed by atoms with Crippen molar-refractivity contribution in [2.75, 3.05) is 0 Å². The average molecular weight is 300 g/mol. The monoisotopic (exact) mass is 300 g/mol. The second kappa shape index (κ2) is 6.04. The van der Waals surface area contributed by atoms with Crippen molar-refractivity contribution in [1.82, 2.24) is 0 Å². The molecule has 0 unspecified atom stereocenters. The highest BCUT2D eigenvalue weighted by atomic mass is 16.6. The summed E-state index contributed by atoms with van der Waals surface area (Å²) >= 11 is 0. The van der Waals surface area contributed by atoms with Crippen LogP contribution in [0.25, 0.3) is 0 Å². The van der Waals surface area contributed by atoms with E-state index in [4.69, 9.17) is 5.11 Å². The van der Waals surface area contributed by atoms with E-state index in [1.54, 1.807) is 19.1 Å². The molecule has 2 aromatic rings. The van der Waals surface area contributed by atoms with Crippen LogP contribution in [0.3, 0.4) is 0 Å². The van der Waals surface area contributed by atoms with Crippen molar-refractivity contribution in [1.29, 1.82) is 0 Å². The molecule has 7 heteroatoms. The molecular formula is C15H12N2O5. The molecule has 0 radical (unpaired) electrons. The van der Waals surface area contributed by atoms with Crippen LogP contribution in [0.5, 0.6) is 5.75 Å². The summed E-state index contributed by atoms with van der Waals surface area (Å²) in [5.41, 5.74) is 1.10. The number of carboxylic acid groups (broad SMARTS) is 1. The molecule has 2 rings (SSSR count). The molecule has 112 valence electrons. The number of aromatic hydroxyl groups is 1. The Kier molecular flexibility index (Phi) is 4.17. The number of nitrogens with zero attached hydrogens (tertiary/aromatic N) is 2. The van der Waals surface area contributed by atoms with Crippen LogP contribution in [0.15, 0.2) is 41.4 Å². The highest BCUT2D eigenvalue weighted by Crippen LogP contribution is 2.26. The zero-order valence-electron chi connectivity index (χ0n) is 11.6. The fourth-order valence-electron chi connectivity index (χ4n) is 1.91. The maximum Gasteiger partial charge on any atom is 0.336 e. The second-order valence-electron chi connectivity index (χ2n) is 4.52. The Bertz CT molecular complexity index is 783. The summed E-state index contributed by atoms with van der Waals surface area (Å²) in [7, 11) is 0. The number of nitro groups is 1. The minimum Gasteiger partial charge on any atom is -0.502 e. The standard InChI is InChI=1S/C15H12N2O5/c1-9-11(15(19)20)3-2-4-12(9)16-8-10-5-6-14(18)13(7-10)17(21)22/h2-8,18H,1H3,(H,19,20). The molecule has 2 aromatic carbocycles. The van der Waals surface area contributed by atoms with Crippen molar-refractivity contribution in [2.45, 2.75) is 6.92 Å². The van der Waals surface area contributed by atoms with Crippen molar-refractivity contribution >= 4 is 23.6 Å². The van der Waals surface area contributed by atoms with Gasteiger partial charge in [-0.15, -0.1) is 0 Å². The van der Waals surface area contributed by atoms with E-state index in [1.807, 2.05) is 0 Å². The number of phenolic OH excluding ortho intramolecular Hbond substituents is 1. The lowest BCUT2D eigenvalue weighted by molar-refractivity contribution is -0.385. The van der Waals surface area contributed by atoms with Gasteiger partial charge in [-0.25, -0.2) is 4.79 Å². The van der Waals surface area contributed by atoms with Gasteiger partial charge in [-0.1, -0.05) is 6.07 Å². The third-order valence-corrected chi connectivity index (χ3v) is 3.08. The lowest BCUT2D eigenvalue weighted by atomic mass is 10.1. The molecule has 0 saturated carbocycles. The van der Waals surface area contributed by atoms with Gasteiger partial charge >= 0.3 is 11.7 Å². The summed E-state index contributed by atoms with van der Waals surface area (Å²) in [5, 5.41) is 29.2. The van der Waals surface area contributed by atoms with Crippen LogP contribution in [0.4, 0.5) is 11.4 Å². The number of rotatable bonds is 4. The highest BCUT2D eigenvalue weighted by Gasteiger charge is 2.13. The van der Waals surface area contributed by atoms with Crippen LogP contribution in [-0.4, -0.2) is 27.3 Å². The summed E-state index contributed by atoms with van der Waals surface area (Å²) in [5.74, 6) is -1.47. The minimum absolute atomic E-state index is 0.145. The van der Waals surface area contributed by atoms with Gasteiger partial charge in [-0.2, -0.15) is 0 Å². The number of hydrogen-bond acceptors (Lipinski definition) is 5.